The smallest absolute Gasteiger partial charge is 0.230 e. The first-order valence-corrected chi connectivity index (χ1v) is 8.88. The Labute approximate surface area is 126 Å². The average Bonchev–Trinajstić information content (AvgIpc) is 2.79. The lowest BCUT2D eigenvalue weighted by atomic mass is 10.1. The molecule has 114 valence electrons. The van der Waals surface area contributed by atoms with E-state index in [2.05, 4.69) is 6.92 Å². The predicted molar refractivity (Wildman–Crippen MR) is 84.9 cm³/mol. The molecule has 2 rings (SSSR count). The number of hydrogen-bond acceptors (Lipinski definition) is 3. The fraction of sp³-hybridized carbons (Fsp3) is 0.438. The number of amides is 1. The number of aryl methyl sites for hydroxylation is 1. The molecule has 4 nitrogen and oxygen atoms in total. The van der Waals surface area contributed by atoms with Gasteiger partial charge in [0.1, 0.15) is 0 Å². The van der Waals surface area contributed by atoms with Crippen molar-refractivity contribution in [3.8, 4) is 0 Å². The summed E-state index contributed by atoms with van der Waals surface area (Å²) >= 11 is 0. The van der Waals surface area contributed by atoms with Crippen LogP contribution in [0.4, 0.5) is 5.69 Å². The van der Waals surface area contributed by atoms with Gasteiger partial charge in [-0.25, -0.2) is 8.42 Å². The Morgan fingerprint density at radius 3 is 2.33 bits per heavy atom. The molecule has 21 heavy (non-hydrogen) atoms. The summed E-state index contributed by atoms with van der Waals surface area (Å²) in [6, 6.07) is 7.31. The molecule has 0 saturated carbocycles. The molecule has 0 bridgehead atoms. The maximum Gasteiger partial charge on any atom is 0.230 e. The van der Waals surface area contributed by atoms with Gasteiger partial charge in [0, 0.05) is 17.0 Å². The highest BCUT2D eigenvalue weighted by Crippen LogP contribution is 2.25. The lowest BCUT2D eigenvalue weighted by Gasteiger charge is -2.29. The number of sulfone groups is 1. The number of nitrogens with zero attached hydrogens (tertiary/aromatic N) is 1. The maximum absolute atomic E-state index is 12.5. The molecule has 1 amide bonds. The molecule has 1 aromatic carbocycles. The van der Waals surface area contributed by atoms with Crippen molar-refractivity contribution in [2.75, 3.05) is 10.7 Å². The van der Waals surface area contributed by atoms with Crippen LogP contribution in [0.2, 0.25) is 0 Å². The standard InChI is InChI=1S/C16H21NO3S/c1-4-13-5-7-14(8-6-13)17(16(18)12(2)3)15-9-10-21(19,20)11-15/h5-10,12,15H,4,11H2,1-3H3/t15-/m0/s1. The molecule has 1 heterocycles. The SMILES string of the molecule is CCc1ccc(N(C(=O)C(C)C)[C@H]2C=CS(=O)(=O)C2)cc1. The summed E-state index contributed by atoms with van der Waals surface area (Å²) in [5.74, 6) is -0.292. The molecule has 0 spiro atoms. The van der Waals surface area contributed by atoms with E-state index in [4.69, 9.17) is 0 Å². The minimum Gasteiger partial charge on any atom is -0.304 e. The minimum absolute atomic E-state index is 0.0407. The van der Waals surface area contributed by atoms with Crippen LogP contribution in [0.1, 0.15) is 26.3 Å². The van der Waals surface area contributed by atoms with Crippen molar-refractivity contribution in [1.29, 1.82) is 0 Å². The second-order valence-electron chi connectivity index (χ2n) is 5.61. The van der Waals surface area contributed by atoms with E-state index in [1.165, 1.54) is 11.0 Å². The van der Waals surface area contributed by atoms with E-state index in [0.717, 1.165) is 12.1 Å². The normalized spacial score (nSPS) is 19.9. The van der Waals surface area contributed by atoms with Crippen LogP contribution in [0.3, 0.4) is 0 Å². The summed E-state index contributed by atoms with van der Waals surface area (Å²) in [5, 5.41) is 1.21. The third-order valence-electron chi connectivity index (χ3n) is 3.60. The van der Waals surface area contributed by atoms with Crippen molar-refractivity contribution in [1.82, 2.24) is 0 Å². The van der Waals surface area contributed by atoms with Gasteiger partial charge in [0.2, 0.25) is 5.91 Å². The fourth-order valence-corrected chi connectivity index (χ4v) is 3.64. The third kappa shape index (κ3) is 3.53. The van der Waals surface area contributed by atoms with E-state index in [-0.39, 0.29) is 17.6 Å². The van der Waals surface area contributed by atoms with E-state index in [1.54, 1.807) is 11.0 Å². The molecule has 0 saturated heterocycles. The molecule has 5 heteroatoms. The predicted octanol–water partition coefficient (Wildman–Crippen LogP) is 2.55. The van der Waals surface area contributed by atoms with Gasteiger partial charge in [-0.15, -0.1) is 0 Å². The molecule has 1 atom stereocenters. The number of carbonyl (C=O) groups excluding carboxylic acids is 1. The van der Waals surface area contributed by atoms with E-state index >= 15 is 0 Å². The first-order chi connectivity index (χ1) is 9.84. The summed E-state index contributed by atoms with van der Waals surface area (Å²) < 4.78 is 23.3. The number of rotatable bonds is 4. The van der Waals surface area contributed by atoms with Gasteiger partial charge in [0.05, 0.1) is 11.8 Å². The molecule has 0 radical (unpaired) electrons. The van der Waals surface area contributed by atoms with E-state index < -0.39 is 15.9 Å². The minimum atomic E-state index is -3.19. The Morgan fingerprint density at radius 1 is 1.29 bits per heavy atom. The van der Waals surface area contributed by atoms with Crippen LogP contribution in [-0.2, 0) is 21.1 Å². The second kappa shape index (κ2) is 6.02. The molecule has 0 aliphatic carbocycles. The molecule has 0 N–H and O–H groups in total. The number of carbonyl (C=O) groups is 1. The second-order valence-corrected chi connectivity index (χ2v) is 7.54. The Balaban J connectivity index is 2.37. The van der Waals surface area contributed by atoms with Gasteiger partial charge in [-0.2, -0.15) is 0 Å². The van der Waals surface area contributed by atoms with Crippen LogP contribution < -0.4 is 4.90 Å². The summed E-state index contributed by atoms with van der Waals surface area (Å²) in [4.78, 5) is 14.1. The Kier molecular flexibility index (Phi) is 4.52. The first-order valence-electron chi connectivity index (χ1n) is 7.17. The van der Waals surface area contributed by atoms with Gasteiger partial charge >= 0.3 is 0 Å². The number of benzene rings is 1. The van der Waals surface area contributed by atoms with Crippen LogP contribution in [0.15, 0.2) is 35.7 Å². The molecule has 0 unspecified atom stereocenters. The first kappa shape index (κ1) is 15.8. The van der Waals surface area contributed by atoms with Crippen molar-refractivity contribution in [3.63, 3.8) is 0 Å². The van der Waals surface area contributed by atoms with Crippen LogP contribution >= 0.6 is 0 Å². The molecule has 0 fully saturated rings. The highest BCUT2D eigenvalue weighted by molar-refractivity contribution is 7.94. The van der Waals surface area contributed by atoms with Crippen molar-refractivity contribution in [2.24, 2.45) is 5.92 Å². The van der Waals surface area contributed by atoms with Gasteiger partial charge in [0.25, 0.3) is 0 Å². The van der Waals surface area contributed by atoms with Gasteiger partial charge in [-0.05, 0) is 30.2 Å². The maximum atomic E-state index is 12.5. The number of hydrogen-bond donors (Lipinski definition) is 0. The van der Waals surface area contributed by atoms with Crippen molar-refractivity contribution >= 4 is 21.4 Å². The van der Waals surface area contributed by atoms with Gasteiger partial charge in [-0.1, -0.05) is 32.9 Å². The molecule has 1 aliphatic heterocycles. The molecule has 1 aliphatic rings. The van der Waals surface area contributed by atoms with Crippen LogP contribution in [0.25, 0.3) is 0 Å². The summed E-state index contributed by atoms with van der Waals surface area (Å²) in [7, 11) is -3.19. The topological polar surface area (TPSA) is 54.5 Å². The summed E-state index contributed by atoms with van der Waals surface area (Å²) in [6.45, 7) is 5.71. The van der Waals surface area contributed by atoms with E-state index in [1.807, 2.05) is 38.1 Å². The zero-order chi connectivity index (χ0) is 15.6. The summed E-state index contributed by atoms with van der Waals surface area (Å²) in [5.41, 5.74) is 1.93. The van der Waals surface area contributed by atoms with Gasteiger partial charge in [-0.3, -0.25) is 4.79 Å². The zero-order valence-electron chi connectivity index (χ0n) is 12.6. The Hall–Kier alpha value is -1.62. The fourth-order valence-electron chi connectivity index (χ4n) is 2.37. The molecular formula is C16H21NO3S. The Bertz CT molecular complexity index is 645. The molecular weight excluding hydrogens is 286 g/mol. The quantitative estimate of drug-likeness (QED) is 0.859. The number of anilines is 1. The highest BCUT2D eigenvalue weighted by atomic mass is 32.2. The van der Waals surface area contributed by atoms with Crippen molar-refractivity contribution in [2.45, 2.75) is 33.2 Å². The third-order valence-corrected chi connectivity index (χ3v) is 4.97. The van der Waals surface area contributed by atoms with Crippen molar-refractivity contribution < 1.29 is 13.2 Å². The lowest BCUT2D eigenvalue weighted by molar-refractivity contribution is -0.121. The van der Waals surface area contributed by atoms with Crippen molar-refractivity contribution in [3.05, 3.63) is 41.3 Å². The molecule has 0 aromatic heterocycles. The van der Waals surface area contributed by atoms with Crippen LogP contribution in [0, 0.1) is 5.92 Å². The van der Waals surface area contributed by atoms with Gasteiger partial charge < -0.3 is 4.90 Å². The van der Waals surface area contributed by atoms with E-state index in [0.29, 0.717) is 0 Å². The highest BCUT2D eigenvalue weighted by Gasteiger charge is 2.32. The largest absolute Gasteiger partial charge is 0.304 e. The molecule has 1 aromatic rings. The average molecular weight is 307 g/mol. The monoisotopic (exact) mass is 307 g/mol. The van der Waals surface area contributed by atoms with Crippen LogP contribution in [-0.4, -0.2) is 26.1 Å². The zero-order valence-corrected chi connectivity index (χ0v) is 13.4. The van der Waals surface area contributed by atoms with Crippen LogP contribution in [0.5, 0.6) is 0 Å². The Morgan fingerprint density at radius 2 is 1.90 bits per heavy atom. The lowest BCUT2D eigenvalue weighted by Crippen LogP contribution is -2.43. The van der Waals surface area contributed by atoms with E-state index in [9.17, 15) is 13.2 Å². The van der Waals surface area contributed by atoms with Gasteiger partial charge in [0.15, 0.2) is 9.84 Å². The summed E-state index contributed by atoms with van der Waals surface area (Å²) in [6.07, 6.45) is 2.53.